The van der Waals surface area contributed by atoms with E-state index in [9.17, 15) is 0 Å². The Morgan fingerprint density at radius 1 is 1.33 bits per heavy atom. The molecule has 3 nitrogen and oxygen atoms in total. The molecule has 1 aliphatic carbocycles. The van der Waals surface area contributed by atoms with Crippen LogP contribution in [0.4, 0.5) is 5.13 Å². The first kappa shape index (κ1) is 16.8. The minimum atomic E-state index is 0.733. The van der Waals surface area contributed by atoms with E-state index in [2.05, 4.69) is 37.9 Å². The molecule has 21 heavy (non-hydrogen) atoms. The van der Waals surface area contributed by atoms with E-state index in [0.29, 0.717) is 0 Å². The molecule has 1 fully saturated rings. The first-order valence-electron chi connectivity index (χ1n) is 8.64. The number of thiazole rings is 1. The average molecular weight is 310 g/mol. The fourth-order valence-corrected chi connectivity index (χ4v) is 3.58. The number of nitrogens with zero attached hydrogens (tertiary/aromatic N) is 2. The van der Waals surface area contributed by atoms with Crippen LogP contribution in [0.2, 0.25) is 0 Å². The summed E-state index contributed by atoms with van der Waals surface area (Å²) in [6, 6.07) is 0.771. The topological polar surface area (TPSA) is 28.2 Å². The molecular formula is C17H31N3S. The third kappa shape index (κ3) is 4.96. The first-order valence-corrected chi connectivity index (χ1v) is 9.46. The number of aromatic nitrogens is 1. The summed E-state index contributed by atoms with van der Waals surface area (Å²) in [6.07, 6.45) is 6.23. The largest absolute Gasteiger partial charge is 0.348 e. The highest BCUT2D eigenvalue weighted by atomic mass is 32.1. The average Bonchev–Trinajstić information content (AvgIpc) is 3.24. The Morgan fingerprint density at radius 2 is 2.10 bits per heavy atom. The van der Waals surface area contributed by atoms with Gasteiger partial charge in [-0.05, 0) is 32.1 Å². The van der Waals surface area contributed by atoms with E-state index in [1.807, 2.05) is 11.3 Å². The highest BCUT2D eigenvalue weighted by Gasteiger charge is 2.22. The van der Waals surface area contributed by atoms with E-state index in [0.717, 1.165) is 38.0 Å². The van der Waals surface area contributed by atoms with Gasteiger partial charge in [-0.15, -0.1) is 11.3 Å². The van der Waals surface area contributed by atoms with Crippen molar-refractivity contribution in [1.82, 2.24) is 10.3 Å². The number of rotatable bonds is 10. The fourth-order valence-electron chi connectivity index (χ4n) is 2.45. The summed E-state index contributed by atoms with van der Waals surface area (Å²) in [6.45, 7) is 12.3. The Hall–Kier alpha value is -0.610. The zero-order valence-electron chi connectivity index (χ0n) is 14.1. The molecule has 1 unspecified atom stereocenters. The van der Waals surface area contributed by atoms with Crippen LogP contribution in [0.15, 0.2) is 0 Å². The molecule has 1 aromatic rings. The minimum absolute atomic E-state index is 0.733. The van der Waals surface area contributed by atoms with Gasteiger partial charge in [-0.25, -0.2) is 4.98 Å². The molecule has 1 N–H and O–H groups in total. The van der Waals surface area contributed by atoms with Gasteiger partial charge < -0.3 is 10.2 Å². The SMILES string of the molecule is CCCc1nc(N(CC)CC(C)CC)sc1CNC1CC1. The Morgan fingerprint density at radius 3 is 2.67 bits per heavy atom. The molecular weight excluding hydrogens is 278 g/mol. The summed E-state index contributed by atoms with van der Waals surface area (Å²) >= 11 is 1.91. The van der Waals surface area contributed by atoms with E-state index in [1.165, 1.54) is 41.4 Å². The summed E-state index contributed by atoms with van der Waals surface area (Å²) in [5.74, 6) is 0.733. The third-order valence-corrected chi connectivity index (χ3v) is 5.42. The molecule has 1 aromatic heterocycles. The Balaban J connectivity index is 2.07. The van der Waals surface area contributed by atoms with Gasteiger partial charge in [0.2, 0.25) is 0 Å². The lowest BCUT2D eigenvalue weighted by atomic mass is 10.1. The van der Waals surface area contributed by atoms with Crippen molar-refractivity contribution in [2.24, 2.45) is 5.92 Å². The maximum atomic E-state index is 4.96. The molecule has 1 atom stereocenters. The van der Waals surface area contributed by atoms with Crippen molar-refractivity contribution in [3.05, 3.63) is 10.6 Å². The molecule has 0 radical (unpaired) electrons. The molecule has 0 bridgehead atoms. The number of hydrogen-bond donors (Lipinski definition) is 1. The fraction of sp³-hybridized carbons (Fsp3) is 0.824. The lowest BCUT2D eigenvalue weighted by Crippen LogP contribution is -2.27. The number of hydrogen-bond acceptors (Lipinski definition) is 4. The van der Waals surface area contributed by atoms with Crippen LogP contribution in [0.5, 0.6) is 0 Å². The van der Waals surface area contributed by atoms with Crippen LogP contribution >= 0.6 is 11.3 Å². The second-order valence-corrected chi connectivity index (χ2v) is 7.39. The van der Waals surface area contributed by atoms with Gasteiger partial charge in [0.05, 0.1) is 5.69 Å². The van der Waals surface area contributed by atoms with Crippen molar-refractivity contribution in [3.63, 3.8) is 0 Å². The van der Waals surface area contributed by atoms with Crippen molar-refractivity contribution < 1.29 is 0 Å². The van der Waals surface area contributed by atoms with Crippen LogP contribution in [-0.4, -0.2) is 24.1 Å². The highest BCUT2D eigenvalue weighted by molar-refractivity contribution is 7.15. The predicted octanol–water partition coefficient (Wildman–Crippen LogP) is 4.22. The predicted molar refractivity (Wildman–Crippen MR) is 93.3 cm³/mol. The van der Waals surface area contributed by atoms with Gasteiger partial charge in [0.15, 0.2) is 5.13 Å². The smallest absolute Gasteiger partial charge is 0.185 e. The lowest BCUT2D eigenvalue weighted by molar-refractivity contribution is 0.547. The zero-order valence-corrected chi connectivity index (χ0v) is 14.9. The number of aryl methyl sites for hydroxylation is 1. The van der Waals surface area contributed by atoms with E-state index in [4.69, 9.17) is 4.98 Å². The van der Waals surface area contributed by atoms with Crippen molar-refractivity contribution in [2.45, 2.75) is 72.4 Å². The molecule has 0 aromatic carbocycles. The van der Waals surface area contributed by atoms with E-state index < -0.39 is 0 Å². The number of anilines is 1. The van der Waals surface area contributed by atoms with Gasteiger partial charge in [-0.3, -0.25) is 0 Å². The van der Waals surface area contributed by atoms with Gasteiger partial charge in [0.1, 0.15) is 0 Å². The van der Waals surface area contributed by atoms with Crippen molar-refractivity contribution in [1.29, 1.82) is 0 Å². The van der Waals surface area contributed by atoms with Crippen LogP contribution < -0.4 is 10.2 Å². The molecule has 0 aliphatic heterocycles. The monoisotopic (exact) mass is 309 g/mol. The quantitative estimate of drug-likeness (QED) is 0.701. The van der Waals surface area contributed by atoms with Gasteiger partial charge in [-0.1, -0.05) is 33.6 Å². The summed E-state index contributed by atoms with van der Waals surface area (Å²) in [5.41, 5.74) is 1.33. The van der Waals surface area contributed by atoms with Crippen LogP contribution in [0.1, 0.15) is 63.9 Å². The Labute approximate surface area is 134 Å². The second kappa shape index (κ2) is 8.14. The minimum Gasteiger partial charge on any atom is -0.348 e. The molecule has 120 valence electrons. The summed E-state index contributed by atoms with van der Waals surface area (Å²) in [4.78, 5) is 8.88. The Bertz CT molecular complexity index is 426. The van der Waals surface area contributed by atoms with Gasteiger partial charge in [-0.2, -0.15) is 0 Å². The molecule has 4 heteroatoms. The molecule has 1 aliphatic rings. The lowest BCUT2D eigenvalue weighted by Gasteiger charge is -2.23. The normalized spacial score (nSPS) is 16.2. The summed E-state index contributed by atoms with van der Waals surface area (Å²) < 4.78 is 0. The molecule has 1 saturated carbocycles. The molecule has 0 spiro atoms. The van der Waals surface area contributed by atoms with Crippen LogP contribution in [0, 0.1) is 5.92 Å². The maximum absolute atomic E-state index is 4.96. The van der Waals surface area contributed by atoms with E-state index in [1.54, 1.807) is 0 Å². The van der Waals surface area contributed by atoms with E-state index in [-0.39, 0.29) is 0 Å². The molecule has 2 rings (SSSR count). The molecule has 0 saturated heterocycles. The van der Waals surface area contributed by atoms with Gasteiger partial charge in [0, 0.05) is 30.6 Å². The van der Waals surface area contributed by atoms with Crippen molar-refractivity contribution in [3.8, 4) is 0 Å². The standard InChI is InChI=1S/C17H31N3S/c1-5-8-15-16(11-18-14-9-10-14)21-17(19-15)20(7-3)12-13(4)6-2/h13-14,18H,5-12H2,1-4H3. The maximum Gasteiger partial charge on any atom is 0.185 e. The molecule has 0 amide bonds. The first-order chi connectivity index (χ1) is 10.2. The summed E-state index contributed by atoms with van der Waals surface area (Å²) in [7, 11) is 0. The molecule has 1 heterocycles. The van der Waals surface area contributed by atoms with Crippen LogP contribution in [0.25, 0.3) is 0 Å². The zero-order chi connectivity index (χ0) is 15.2. The van der Waals surface area contributed by atoms with Crippen molar-refractivity contribution in [2.75, 3.05) is 18.0 Å². The number of nitrogens with one attached hydrogen (secondary N) is 1. The Kier molecular flexibility index (Phi) is 6.49. The third-order valence-electron chi connectivity index (χ3n) is 4.26. The van der Waals surface area contributed by atoms with E-state index >= 15 is 0 Å². The van der Waals surface area contributed by atoms with Crippen molar-refractivity contribution >= 4 is 16.5 Å². The highest BCUT2D eigenvalue weighted by Crippen LogP contribution is 2.29. The van der Waals surface area contributed by atoms with Crippen LogP contribution in [-0.2, 0) is 13.0 Å². The summed E-state index contributed by atoms with van der Waals surface area (Å²) in [5, 5.41) is 4.88. The van der Waals surface area contributed by atoms with Gasteiger partial charge >= 0.3 is 0 Å². The van der Waals surface area contributed by atoms with Crippen LogP contribution in [0.3, 0.4) is 0 Å². The second-order valence-electron chi connectivity index (χ2n) is 6.32. The van der Waals surface area contributed by atoms with Gasteiger partial charge in [0.25, 0.3) is 0 Å².